The smallest absolute Gasteiger partial charge is 0.128 e. The lowest BCUT2D eigenvalue weighted by molar-refractivity contribution is 0.122. The van der Waals surface area contributed by atoms with E-state index in [1.54, 1.807) is 0 Å². The maximum Gasteiger partial charge on any atom is 0.128 e. The number of hydrogen-bond donors (Lipinski definition) is 1. The zero-order chi connectivity index (χ0) is 10.5. The summed E-state index contributed by atoms with van der Waals surface area (Å²) < 4.78 is 5.30. The Morgan fingerprint density at radius 3 is 2.80 bits per heavy atom. The second-order valence-corrected chi connectivity index (χ2v) is 3.65. The summed E-state index contributed by atoms with van der Waals surface area (Å²) in [5, 5.41) is 3.11. The predicted octanol–water partition coefficient (Wildman–Crippen LogP) is 0.638. The highest BCUT2D eigenvalue weighted by Crippen LogP contribution is 2.12. The molecule has 0 atom stereocenters. The van der Waals surface area contributed by atoms with Gasteiger partial charge in [-0.15, -0.1) is 0 Å². The van der Waals surface area contributed by atoms with Crippen LogP contribution in [0.4, 0.5) is 5.82 Å². The molecule has 1 aliphatic heterocycles. The molecule has 4 nitrogen and oxygen atoms in total. The molecule has 1 fully saturated rings. The average molecular weight is 207 g/mol. The molecule has 0 bridgehead atoms. The molecule has 4 heteroatoms. The minimum atomic E-state index is 0.806. The third-order valence-corrected chi connectivity index (χ3v) is 2.53. The molecule has 1 aromatic heterocycles. The number of pyridine rings is 1. The minimum absolute atomic E-state index is 0.806. The van der Waals surface area contributed by atoms with E-state index in [9.17, 15) is 0 Å². The van der Waals surface area contributed by atoms with E-state index in [-0.39, 0.29) is 0 Å². The van der Waals surface area contributed by atoms with Gasteiger partial charge in [0.05, 0.1) is 13.2 Å². The summed E-state index contributed by atoms with van der Waals surface area (Å²) in [5.41, 5.74) is 1.22. The molecule has 2 heterocycles. The van der Waals surface area contributed by atoms with Gasteiger partial charge < -0.3 is 15.0 Å². The Morgan fingerprint density at radius 1 is 1.40 bits per heavy atom. The van der Waals surface area contributed by atoms with Crippen molar-refractivity contribution >= 4 is 5.82 Å². The Kier molecular flexibility index (Phi) is 3.53. The first-order valence-corrected chi connectivity index (χ1v) is 5.32. The van der Waals surface area contributed by atoms with Gasteiger partial charge >= 0.3 is 0 Å². The third-order valence-electron chi connectivity index (χ3n) is 2.53. The van der Waals surface area contributed by atoms with Crippen molar-refractivity contribution in [2.45, 2.75) is 6.54 Å². The van der Waals surface area contributed by atoms with Gasteiger partial charge in [0.25, 0.3) is 0 Å². The van der Waals surface area contributed by atoms with Gasteiger partial charge in [-0.3, -0.25) is 0 Å². The Balaban J connectivity index is 2.02. The molecule has 0 aromatic carbocycles. The zero-order valence-corrected chi connectivity index (χ0v) is 9.07. The van der Waals surface area contributed by atoms with E-state index in [0.29, 0.717) is 0 Å². The van der Waals surface area contributed by atoms with Gasteiger partial charge in [0.2, 0.25) is 0 Å². The van der Waals surface area contributed by atoms with Crippen LogP contribution in [0.3, 0.4) is 0 Å². The molecular formula is C11H17N3O. The molecule has 0 amide bonds. The number of nitrogens with one attached hydrogen (secondary N) is 1. The van der Waals surface area contributed by atoms with Crippen LogP contribution in [0.2, 0.25) is 0 Å². The standard InChI is InChI=1S/C11H17N3O/c1-12-8-10-2-3-11(13-9-10)14-4-6-15-7-5-14/h2-3,9,12H,4-8H2,1H3. The molecule has 82 valence electrons. The number of aromatic nitrogens is 1. The van der Waals surface area contributed by atoms with Crippen molar-refractivity contribution < 1.29 is 4.74 Å². The van der Waals surface area contributed by atoms with Crippen molar-refractivity contribution in [1.82, 2.24) is 10.3 Å². The van der Waals surface area contributed by atoms with Gasteiger partial charge in [-0.2, -0.15) is 0 Å². The zero-order valence-electron chi connectivity index (χ0n) is 9.07. The van der Waals surface area contributed by atoms with Crippen molar-refractivity contribution in [3.05, 3.63) is 23.9 Å². The SMILES string of the molecule is CNCc1ccc(N2CCOCC2)nc1. The second kappa shape index (κ2) is 5.09. The number of nitrogens with zero attached hydrogens (tertiary/aromatic N) is 2. The van der Waals surface area contributed by atoms with Crippen molar-refractivity contribution in [2.75, 3.05) is 38.3 Å². The van der Waals surface area contributed by atoms with Crippen LogP contribution in [0.5, 0.6) is 0 Å². The van der Waals surface area contributed by atoms with Crippen LogP contribution in [0.1, 0.15) is 5.56 Å². The normalized spacial score (nSPS) is 16.7. The van der Waals surface area contributed by atoms with Gasteiger partial charge in [0.1, 0.15) is 5.82 Å². The van der Waals surface area contributed by atoms with E-state index >= 15 is 0 Å². The van der Waals surface area contributed by atoms with Crippen LogP contribution in [0.25, 0.3) is 0 Å². The van der Waals surface area contributed by atoms with E-state index < -0.39 is 0 Å². The molecule has 0 unspecified atom stereocenters. The highest BCUT2D eigenvalue weighted by Gasteiger charge is 2.11. The van der Waals surface area contributed by atoms with E-state index in [0.717, 1.165) is 38.7 Å². The molecule has 1 aromatic rings. The molecule has 0 spiro atoms. The van der Waals surface area contributed by atoms with Gasteiger partial charge in [-0.25, -0.2) is 4.98 Å². The highest BCUT2D eigenvalue weighted by molar-refractivity contribution is 5.39. The largest absolute Gasteiger partial charge is 0.378 e. The van der Waals surface area contributed by atoms with Crippen LogP contribution in [-0.2, 0) is 11.3 Å². The average Bonchev–Trinajstić information content (AvgIpc) is 2.32. The molecule has 0 saturated carbocycles. The molecule has 2 rings (SSSR count). The Labute approximate surface area is 90.3 Å². The maximum atomic E-state index is 5.30. The van der Waals surface area contributed by atoms with Crippen molar-refractivity contribution in [2.24, 2.45) is 0 Å². The van der Waals surface area contributed by atoms with Gasteiger partial charge in [0.15, 0.2) is 0 Å². The first-order valence-electron chi connectivity index (χ1n) is 5.32. The Hall–Kier alpha value is -1.13. The lowest BCUT2D eigenvalue weighted by Crippen LogP contribution is -2.36. The van der Waals surface area contributed by atoms with Crippen LogP contribution in [0.15, 0.2) is 18.3 Å². The van der Waals surface area contributed by atoms with Gasteiger partial charge in [-0.05, 0) is 18.7 Å². The monoisotopic (exact) mass is 207 g/mol. The van der Waals surface area contributed by atoms with Crippen LogP contribution >= 0.6 is 0 Å². The summed E-state index contributed by atoms with van der Waals surface area (Å²) in [5.74, 6) is 1.05. The summed E-state index contributed by atoms with van der Waals surface area (Å²) in [7, 11) is 1.94. The number of anilines is 1. The molecule has 0 aliphatic carbocycles. The van der Waals surface area contributed by atoms with Gasteiger partial charge in [-0.1, -0.05) is 6.07 Å². The number of hydrogen-bond acceptors (Lipinski definition) is 4. The lowest BCUT2D eigenvalue weighted by atomic mass is 10.2. The van der Waals surface area contributed by atoms with Crippen LogP contribution in [-0.4, -0.2) is 38.3 Å². The quantitative estimate of drug-likeness (QED) is 0.789. The number of morpholine rings is 1. The van der Waals surface area contributed by atoms with E-state index in [1.165, 1.54) is 5.56 Å². The molecule has 15 heavy (non-hydrogen) atoms. The van der Waals surface area contributed by atoms with Gasteiger partial charge in [0, 0.05) is 25.8 Å². The van der Waals surface area contributed by atoms with E-state index in [2.05, 4.69) is 27.3 Å². The Bertz CT molecular complexity index is 293. The Morgan fingerprint density at radius 2 is 2.20 bits per heavy atom. The summed E-state index contributed by atoms with van der Waals surface area (Å²) in [6.07, 6.45) is 1.93. The highest BCUT2D eigenvalue weighted by atomic mass is 16.5. The molecule has 0 radical (unpaired) electrons. The van der Waals surface area contributed by atoms with E-state index in [4.69, 9.17) is 4.74 Å². The van der Waals surface area contributed by atoms with Crippen LogP contribution < -0.4 is 10.2 Å². The number of ether oxygens (including phenoxy) is 1. The molecule has 1 N–H and O–H groups in total. The minimum Gasteiger partial charge on any atom is -0.378 e. The first-order chi connectivity index (χ1) is 7.40. The van der Waals surface area contributed by atoms with Crippen molar-refractivity contribution in [3.8, 4) is 0 Å². The number of rotatable bonds is 3. The molecular weight excluding hydrogens is 190 g/mol. The van der Waals surface area contributed by atoms with Crippen LogP contribution in [0, 0.1) is 0 Å². The summed E-state index contributed by atoms with van der Waals surface area (Å²) in [6.45, 7) is 4.37. The molecule has 1 aliphatic rings. The molecule has 1 saturated heterocycles. The first kappa shape index (κ1) is 10.4. The fraction of sp³-hybridized carbons (Fsp3) is 0.545. The fourth-order valence-electron chi connectivity index (χ4n) is 1.70. The summed E-state index contributed by atoms with van der Waals surface area (Å²) in [6, 6.07) is 4.20. The predicted molar refractivity (Wildman–Crippen MR) is 60.0 cm³/mol. The van der Waals surface area contributed by atoms with Crippen molar-refractivity contribution in [3.63, 3.8) is 0 Å². The summed E-state index contributed by atoms with van der Waals surface area (Å²) >= 11 is 0. The maximum absolute atomic E-state index is 5.30. The summed E-state index contributed by atoms with van der Waals surface area (Å²) in [4.78, 5) is 6.71. The van der Waals surface area contributed by atoms with Crippen molar-refractivity contribution in [1.29, 1.82) is 0 Å². The second-order valence-electron chi connectivity index (χ2n) is 3.65. The van der Waals surface area contributed by atoms with E-state index in [1.807, 2.05) is 13.2 Å². The lowest BCUT2D eigenvalue weighted by Gasteiger charge is -2.27. The topological polar surface area (TPSA) is 37.4 Å². The third kappa shape index (κ3) is 2.67. The fourth-order valence-corrected chi connectivity index (χ4v) is 1.70.